The monoisotopic (exact) mass is 301 g/mol. The van der Waals surface area contributed by atoms with E-state index in [9.17, 15) is 4.79 Å². The van der Waals surface area contributed by atoms with Crippen molar-refractivity contribution in [1.29, 1.82) is 0 Å². The summed E-state index contributed by atoms with van der Waals surface area (Å²) in [7, 11) is 0. The number of aryl methyl sites for hydroxylation is 2. The van der Waals surface area contributed by atoms with Crippen molar-refractivity contribution in [3.63, 3.8) is 0 Å². The minimum Gasteiger partial charge on any atom is -0.336 e. The Balaban J connectivity index is 1.68. The zero-order valence-electron chi connectivity index (χ0n) is 13.5. The zero-order valence-corrected chi connectivity index (χ0v) is 13.5. The molecule has 0 bridgehead atoms. The Kier molecular flexibility index (Phi) is 4.00. The van der Waals surface area contributed by atoms with Crippen LogP contribution in [0.4, 0.5) is 0 Å². The van der Waals surface area contributed by atoms with Crippen LogP contribution in [0.15, 0.2) is 18.5 Å². The summed E-state index contributed by atoms with van der Waals surface area (Å²) in [6.45, 7) is 9.45. The molecule has 22 heavy (non-hydrogen) atoms. The molecule has 3 rings (SSSR count). The molecule has 1 fully saturated rings. The van der Waals surface area contributed by atoms with Crippen molar-refractivity contribution in [1.82, 2.24) is 24.2 Å². The van der Waals surface area contributed by atoms with Crippen molar-refractivity contribution in [2.45, 2.75) is 46.2 Å². The van der Waals surface area contributed by atoms with Crippen molar-refractivity contribution in [2.75, 3.05) is 13.1 Å². The molecule has 0 atom stereocenters. The van der Waals surface area contributed by atoms with Crippen LogP contribution in [0.5, 0.6) is 0 Å². The maximum atomic E-state index is 12.5. The second kappa shape index (κ2) is 5.94. The van der Waals surface area contributed by atoms with E-state index in [1.54, 1.807) is 16.9 Å². The van der Waals surface area contributed by atoms with Crippen molar-refractivity contribution < 1.29 is 4.79 Å². The zero-order chi connectivity index (χ0) is 15.7. The Bertz CT molecular complexity index is 666. The molecule has 1 saturated heterocycles. The van der Waals surface area contributed by atoms with Gasteiger partial charge in [0, 0.05) is 44.3 Å². The molecule has 118 valence electrons. The van der Waals surface area contributed by atoms with Gasteiger partial charge in [-0.1, -0.05) is 6.92 Å². The highest BCUT2D eigenvalue weighted by atomic mass is 16.2. The molecule has 0 N–H and O–H groups in total. The predicted octanol–water partition coefficient (Wildman–Crippen LogP) is 2.06. The standard InChI is InChI=1S/C16H23N5O/c1-4-8-20-12(3)9-17-15(20)13-10-19(11-13)16(22)14-6-7-18-21(14)5-2/h6-7,9,13H,4-5,8,10-11H2,1-3H3. The lowest BCUT2D eigenvalue weighted by Gasteiger charge is -2.39. The third-order valence-electron chi connectivity index (χ3n) is 4.30. The first kappa shape index (κ1) is 14.8. The highest BCUT2D eigenvalue weighted by molar-refractivity contribution is 5.93. The normalized spacial score (nSPS) is 15.1. The van der Waals surface area contributed by atoms with Crippen LogP contribution >= 0.6 is 0 Å². The summed E-state index contributed by atoms with van der Waals surface area (Å²) in [5, 5.41) is 4.17. The Morgan fingerprint density at radius 1 is 1.36 bits per heavy atom. The number of likely N-dealkylation sites (tertiary alicyclic amines) is 1. The van der Waals surface area contributed by atoms with Gasteiger partial charge in [0.05, 0.1) is 5.92 Å². The Morgan fingerprint density at radius 2 is 2.14 bits per heavy atom. The number of carbonyl (C=O) groups excluding carboxylic acids is 1. The predicted molar refractivity (Wildman–Crippen MR) is 83.8 cm³/mol. The number of imidazole rings is 1. The lowest BCUT2D eigenvalue weighted by Crippen LogP contribution is -2.49. The van der Waals surface area contributed by atoms with Gasteiger partial charge in [-0.3, -0.25) is 9.48 Å². The third kappa shape index (κ3) is 2.42. The molecular formula is C16H23N5O. The van der Waals surface area contributed by atoms with Crippen LogP contribution in [-0.4, -0.2) is 43.2 Å². The molecule has 1 aliphatic heterocycles. The summed E-state index contributed by atoms with van der Waals surface area (Å²) in [6, 6.07) is 1.79. The molecule has 1 aliphatic rings. The fraction of sp³-hybridized carbons (Fsp3) is 0.562. The maximum absolute atomic E-state index is 12.5. The van der Waals surface area contributed by atoms with Gasteiger partial charge in [0.15, 0.2) is 0 Å². The fourth-order valence-corrected chi connectivity index (χ4v) is 3.06. The van der Waals surface area contributed by atoms with Crippen LogP contribution in [0.25, 0.3) is 0 Å². The maximum Gasteiger partial charge on any atom is 0.272 e. The molecule has 0 saturated carbocycles. The highest BCUT2D eigenvalue weighted by Crippen LogP contribution is 2.28. The molecule has 0 radical (unpaired) electrons. The Morgan fingerprint density at radius 3 is 2.82 bits per heavy atom. The average Bonchev–Trinajstić information content (AvgIpc) is 3.06. The lowest BCUT2D eigenvalue weighted by molar-refractivity contribution is 0.0578. The molecule has 6 nitrogen and oxygen atoms in total. The van der Waals surface area contributed by atoms with E-state index >= 15 is 0 Å². The molecule has 3 heterocycles. The molecular weight excluding hydrogens is 278 g/mol. The molecule has 1 amide bonds. The molecule has 0 unspecified atom stereocenters. The van der Waals surface area contributed by atoms with Gasteiger partial charge < -0.3 is 9.47 Å². The molecule has 0 aliphatic carbocycles. The van der Waals surface area contributed by atoms with Gasteiger partial charge >= 0.3 is 0 Å². The van der Waals surface area contributed by atoms with Crippen LogP contribution in [0.2, 0.25) is 0 Å². The van der Waals surface area contributed by atoms with E-state index < -0.39 is 0 Å². The van der Waals surface area contributed by atoms with Crippen LogP contribution in [0.1, 0.15) is 48.2 Å². The molecule has 2 aromatic heterocycles. The van der Waals surface area contributed by atoms with Crippen molar-refractivity contribution in [2.24, 2.45) is 0 Å². The summed E-state index contributed by atoms with van der Waals surface area (Å²) < 4.78 is 4.03. The SMILES string of the molecule is CCCn1c(C)cnc1C1CN(C(=O)c2ccnn2CC)C1. The third-order valence-corrected chi connectivity index (χ3v) is 4.30. The number of hydrogen-bond acceptors (Lipinski definition) is 3. The van der Waals surface area contributed by atoms with Gasteiger partial charge in [-0.25, -0.2) is 4.98 Å². The summed E-state index contributed by atoms with van der Waals surface area (Å²) in [5.41, 5.74) is 1.87. The number of aromatic nitrogens is 4. The minimum atomic E-state index is 0.0703. The van der Waals surface area contributed by atoms with E-state index in [1.165, 1.54) is 5.69 Å². The first-order valence-corrected chi connectivity index (χ1v) is 7.98. The van der Waals surface area contributed by atoms with Crippen molar-refractivity contribution >= 4 is 5.91 Å². The smallest absolute Gasteiger partial charge is 0.272 e. The summed E-state index contributed by atoms with van der Waals surface area (Å²) >= 11 is 0. The number of nitrogens with zero attached hydrogens (tertiary/aromatic N) is 5. The second-order valence-electron chi connectivity index (χ2n) is 5.85. The van der Waals surface area contributed by atoms with E-state index in [2.05, 4.69) is 28.5 Å². The van der Waals surface area contributed by atoms with E-state index in [1.807, 2.05) is 18.0 Å². The van der Waals surface area contributed by atoms with Crippen LogP contribution < -0.4 is 0 Å². The summed E-state index contributed by atoms with van der Waals surface area (Å²) in [4.78, 5) is 18.9. The van der Waals surface area contributed by atoms with Gasteiger partial charge in [0.25, 0.3) is 5.91 Å². The van der Waals surface area contributed by atoms with E-state index in [0.717, 1.165) is 31.9 Å². The topological polar surface area (TPSA) is 56.0 Å². The largest absolute Gasteiger partial charge is 0.336 e. The fourth-order valence-electron chi connectivity index (χ4n) is 3.06. The quantitative estimate of drug-likeness (QED) is 0.849. The van der Waals surface area contributed by atoms with Gasteiger partial charge in [0.2, 0.25) is 0 Å². The average molecular weight is 301 g/mol. The first-order valence-electron chi connectivity index (χ1n) is 7.98. The molecule has 0 spiro atoms. The van der Waals surface area contributed by atoms with E-state index in [0.29, 0.717) is 18.2 Å². The van der Waals surface area contributed by atoms with Gasteiger partial charge in [-0.05, 0) is 26.3 Å². The van der Waals surface area contributed by atoms with Crippen LogP contribution in [-0.2, 0) is 13.1 Å². The van der Waals surface area contributed by atoms with E-state index in [-0.39, 0.29) is 5.91 Å². The van der Waals surface area contributed by atoms with Crippen molar-refractivity contribution in [3.8, 4) is 0 Å². The van der Waals surface area contributed by atoms with Crippen LogP contribution in [0, 0.1) is 6.92 Å². The van der Waals surface area contributed by atoms with Gasteiger partial charge in [-0.15, -0.1) is 0 Å². The van der Waals surface area contributed by atoms with E-state index in [4.69, 9.17) is 0 Å². The Hall–Kier alpha value is -2.11. The lowest BCUT2D eigenvalue weighted by atomic mass is 9.98. The summed E-state index contributed by atoms with van der Waals surface area (Å²) in [5.74, 6) is 1.54. The van der Waals surface area contributed by atoms with Gasteiger partial charge in [-0.2, -0.15) is 5.10 Å². The Labute approximate surface area is 130 Å². The number of hydrogen-bond donors (Lipinski definition) is 0. The first-order chi connectivity index (χ1) is 10.7. The number of rotatable bonds is 5. The number of amides is 1. The highest BCUT2D eigenvalue weighted by Gasteiger charge is 2.36. The molecule has 0 aromatic carbocycles. The van der Waals surface area contributed by atoms with Crippen LogP contribution in [0.3, 0.4) is 0 Å². The van der Waals surface area contributed by atoms with Crippen molar-refractivity contribution in [3.05, 3.63) is 35.7 Å². The second-order valence-corrected chi connectivity index (χ2v) is 5.85. The minimum absolute atomic E-state index is 0.0703. The molecule has 6 heteroatoms. The van der Waals surface area contributed by atoms with Gasteiger partial charge in [0.1, 0.15) is 11.5 Å². The molecule has 2 aromatic rings. The summed E-state index contributed by atoms with van der Waals surface area (Å²) in [6.07, 6.45) is 4.71. The number of carbonyl (C=O) groups is 1.